The predicted molar refractivity (Wildman–Crippen MR) is 152 cm³/mol. The first kappa shape index (κ1) is 26.0. The van der Waals surface area contributed by atoms with Gasteiger partial charge < -0.3 is 20.1 Å². The molecule has 0 saturated carbocycles. The lowest BCUT2D eigenvalue weighted by Crippen LogP contribution is -2.57. The SMILES string of the molecule is CCOC(=O)c1ccc(N2C(=O)C(C)(C)N(c3ccc(F)cc3)c3cc(C=N)c(NPI)cc32)cc1. The molecule has 2 N–H and O–H groups in total. The summed E-state index contributed by atoms with van der Waals surface area (Å²) in [6, 6.07) is 16.4. The van der Waals surface area contributed by atoms with Crippen LogP contribution in [0.15, 0.2) is 60.7 Å². The number of halogens is 2. The number of hydrogen-bond donors (Lipinski definition) is 2. The molecule has 0 spiro atoms. The first-order valence-corrected chi connectivity index (χ1v) is 15.3. The monoisotopic (exact) mass is 618 g/mol. The molecular weight excluding hydrogens is 593 g/mol. The minimum Gasteiger partial charge on any atom is -0.462 e. The maximum atomic E-state index is 14.1. The van der Waals surface area contributed by atoms with Crippen LogP contribution in [0.4, 0.5) is 32.8 Å². The van der Waals surface area contributed by atoms with Crippen molar-refractivity contribution in [2.75, 3.05) is 21.5 Å². The smallest absolute Gasteiger partial charge is 0.338 e. The summed E-state index contributed by atoms with van der Waals surface area (Å²) in [6.45, 7) is 5.64. The number of benzene rings is 3. The van der Waals surface area contributed by atoms with Gasteiger partial charge in [0.05, 0.1) is 23.5 Å². The Morgan fingerprint density at radius 3 is 2.33 bits per heavy atom. The third-order valence-corrected chi connectivity index (χ3v) is 7.15. The van der Waals surface area contributed by atoms with Crippen molar-refractivity contribution < 1.29 is 18.7 Å². The minimum absolute atomic E-state index is 0.200. The van der Waals surface area contributed by atoms with E-state index in [1.54, 1.807) is 48.2 Å². The number of nitrogens with one attached hydrogen (secondary N) is 2. The van der Waals surface area contributed by atoms with E-state index in [4.69, 9.17) is 10.1 Å². The fourth-order valence-corrected chi connectivity index (χ4v) is 5.47. The summed E-state index contributed by atoms with van der Waals surface area (Å²) in [5, 5.41) is 11.3. The van der Waals surface area contributed by atoms with Gasteiger partial charge in [-0.15, -0.1) is 0 Å². The third kappa shape index (κ3) is 4.69. The molecule has 3 aromatic rings. The Balaban J connectivity index is 1.93. The fourth-order valence-electron chi connectivity index (χ4n) is 4.28. The van der Waals surface area contributed by atoms with Gasteiger partial charge in [0.15, 0.2) is 0 Å². The van der Waals surface area contributed by atoms with Crippen molar-refractivity contribution in [2.45, 2.75) is 26.3 Å². The summed E-state index contributed by atoms with van der Waals surface area (Å²) in [7, 11) is 0. The van der Waals surface area contributed by atoms with Crippen molar-refractivity contribution in [2.24, 2.45) is 0 Å². The average Bonchev–Trinajstić information content (AvgIpc) is 2.86. The lowest BCUT2D eigenvalue weighted by Gasteiger charge is -2.48. The van der Waals surface area contributed by atoms with Crippen LogP contribution in [0.5, 0.6) is 0 Å². The van der Waals surface area contributed by atoms with Gasteiger partial charge in [-0.3, -0.25) is 9.69 Å². The number of nitrogens with zero attached hydrogens (tertiary/aromatic N) is 2. The van der Waals surface area contributed by atoms with E-state index in [2.05, 4.69) is 27.1 Å². The highest BCUT2D eigenvalue weighted by Crippen LogP contribution is 2.49. The van der Waals surface area contributed by atoms with E-state index in [-0.39, 0.29) is 18.3 Å². The maximum absolute atomic E-state index is 14.1. The Morgan fingerprint density at radius 1 is 1.11 bits per heavy atom. The normalized spacial score (nSPS) is 14.6. The second-order valence-corrected chi connectivity index (χ2v) is 10.6. The predicted octanol–water partition coefficient (Wildman–Crippen LogP) is 6.95. The second kappa shape index (κ2) is 10.5. The summed E-state index contributed by atoms with van der Waals surface area (Å²) in [5.41, 5.74) is 3.27. The molecule has 1 amide bonds. The van der Waals surface area contributed by atoms with Gasteiger partial charge in [-0.05, 0) is 103 Å². The summed E-state index contributed by atoms with van der Waals surface area (Å²) in [4.78, 5) is 29.7. The van der Waals surface area contributed by atoms with Gasteiger partial charge in [0.25, 0.3) is 5.91 Å². The van der Waals surface area contributed by atoms with Crippen LogP contribution in [0.25, 0.3) is 0 Å². The molecule has 0 fully saturated rings. The van der Waals surface area contributed by atoms with Crippen molar-refractivity contribution in [3.05, 3.63) is 77.6 Å². The van der Waals surface area contributed by atoms with Gasteiger partial charge in [0, 0.05) is 35.2 Å². The Hall–Kier alpha value is -3.04. The van der Waals surface area contributed by atoms with E-state index in [0.717, 1.165) is 5.69 Å². The molecule has 3 aromatic carbocycles. The zero-order valence-electron chi connectivity index (χ0n) is 19.9. The fraction of sp³-hybridized carbons (Fsp3) is 0.192. The zero-order valence-corrected chi connectivity index (χ0v) is 23.1. The molecule has 1 aliphatic rings. The molecule has 186 valence electrons. The molecule has 1 atom stereocenters. The summed E-state index contributed by atoms with van der Waals surface area (Å²) in [5.74, 6) is -0.998. The third-order valence-electron chi connectivity index (χ3n) is 5.97. The number of esters is 1. The molecule has 0 aromatic heterocycles. The second-order valence-electron chi connectivity index (χ2n) is 8.57. The van der Waals surface area contributed by atoms with E-state index in [9.17, 15) is 14.0 Å². The largest absolute Gasteiger partial charge is 0.462 e. The number of ether oxygens (including phenoxy) is 1. The number of carbonyl (C=O) groups excluding carboxylic acids is 2. The first-order chi connectivity index (χ1) is 17.2. The van der Waals surface area contributed by atoms with E-state index in [1.807, 2.05) is 30.9 Å². The maximum Gasteiger partial charge on any atom is 0.338 e. The molecule has 0 saturated heterocycles. The van der Waals surface area contributed by atoms with Gasteiger partial charge >= 0.3 is 5.97 Å². The number of amides is 1. The van der Waals surface area contributed by atoms with Crippen LogP contribution < -0.4 is 14.9 Å². The molecule has 0 bridgehead atoms. The Morgan fingerprint density at radius 2 is 1.75 bits per heavy atom. The molecule has 1 heterocycles. The van der Waals surface area contributed by atoms with Gasteiger partial charge in [-0.2, -0.15) is 0 Å². The Kier molecular flexibility index (Phi) is 7.61. The van der Waals surface area contributed by atoms with Gasteiger partial charge in [-0.1, -0.05) is 0 Å². The van der Waals surface area contributed by atoms with Crippen molar-refractivity contribution in [1.29, 1.82) is 5.41 Å². The molecule has 0 aliphatic carbocycles. The van der Waals surface area contributed by atoms with Crippen molar-refractivity contribution in [1.82, 2.24) is 0 Å². The van der Waals surface area contributed by atoms with E-state index in [1.165, 1.54) is 18.3 Å². The van der Waals surface area contributed by atoms with Crippen LogP contribution in [0.2, 0.25) is 0 Å². The summed E-state index contributed by atoms with van der Waals surface area (Å²) in [6.07, 6.45) is 1.62. The van der Waals surface area contributed by atoms with Crippen LogP contribution in [-0.4, -0.2) is 30.2 Å². The molecule has 0 radical (unpaired) electrons. The lowest BCUT2D eigenvalue weighted by atomic mass is 9.92. The van der Waals surface area contributed by atoms with E-state index >= 15 is 0 Å². The highest BCUT2D eigenvalue weighted by atomic mass is 127. The van der Waals surface area contributed by atoms with Crippen molar-refractivity contribution in [3.8, 4) is 0 Å². The van der Waals surface area contributed by atoms with Crippen LogP contribution in [0.3, 0.4) is 0 Å². The highest BCUT2D eigenvalue weighted by Gasteiger charge is 2.46. The van der Waals surface area contributed by atoms with E-state index < -0.39 is 11.5 Å². The van der Waals surface area contributed by atoms with Gasteiger partial charge in [0.1, 0.15) is 11.4 Å². The number of carbonyl (C=O) groups is 2. The van der Waals surface area contributed by atoms with Crippen LogP contribution in [0, 0.1) is 11.2 Å². The number of anilines is 5. The van der Waals surface area contributed by atoms with Crippen molar-refractivity contribution in [3.63, 3.8) is 0 Å². The lowest BCUT2D eigenvalue weighted by molar-refractivity contribution is -0.122. The number of fused-ring (bicyclic) bond motifs is 1. The number of rotatable bonds is 7. The Labute approximate surface area is 223 Å². The summed E-state index contributed by atoms with van der Waals surface area (Å²) < 4.78 is 18.8. The summed E-state index contributed by atoms with van der Waals surface area (Å²) >= 11 is 2.21. The van der Waals surface area contributed by atoms with Crippen LogP contribution in [-0.2, 0) is 9.53 Å². The first-order valence-electron chi connectivity index (χ1n) is 11.2. The van der Waals surface area contributed by atoms with E-state index in [0.29, 0.717) is 40.3 Å². The Bertz CT molecular complexity index is 1320. The highest BCUT2D eigenvalue weighted by molar-refractivity contribution is 14.2. The molecule has 1 unspecified atom stereocenters. The van der Waals surface area contributed by atoms with Crippen LogP contribution in [0.1, 0.15) is 36.7 Å². The standard InChI is InChI=1S/C26H25FIN4O3P/c1-4-35-24(33)16-5-9-19(10-6-16)31-22-14-21(30-36-28)17(15-29)13-23(22)32(26(2,3)25(31)34)20-11-7-18(27)8-12-20/h5-15,29-30,36H,4H2,1-3H3. The van der Waals surface area contributed by atoms with Crippen LogP contribution >= 0.6 is 28.4 Å². The topological polar surface area (TPSA) is 85.7 Å². The average molecular weight is 618 g/mol. The molecule has 10 heteroatoms. The van der Waals surface area contributed by atoms with Gasteiger partial charge in [0.2, 0.25) is 0 Å². The number of hydrogen-bond acceptors (Lipinski definition) is 6. The molecule has 7 nitrogen and oxygen atoms in total. The van der Waals surface area contributed by atoms with Crippen molar-refractivity contribution >= 4 is 74.9 Å². The minimum atomic E-state index is -1.05. The van der Waals surface area contributed by atoms with Gasteiger partial charge in [-0.25, -0.2) is 9.18 Å². The quantitative estimate of drug-likeness (QED) is 0.130. The molecule has 1 aliphatic heterocycles. The molecular formula is C26H25FIN4O3P. The molecule has 4 rings (SSSR count). The molecule has 36 heavy (non-hydrogen) atoms. The zero-order chi connectivity index (χ0) is 26.0.